The van der Waals surface area contributed by atoms with Gasteiger partial charge in [-0.25, -0.2) is 0 Å². The number of ether oxygens (including phenoxy) is 1. The molecule has 0 spiro atoms. The van der Waals surface area contributed by atoms with Gasteiger partial charge in [-0.05, 0) is 24.2 Å². The van der Waals surface area contributed by atoms with E-state index in [1.165, 1.54) is 5.56 Å². The average Bonchev–Trinajstić information content (AvgIpc) is 2.30. The van der Waals surface area contributed by atoms with E-state index in [4.69, 9.17) is 10.5 Å². The topological polar surface area (TPSA) is 51.4 Å². The molecule has 16 heavy (non-hydrogen) atoms. The van der Waals surface area contributed by atoms with Crippen molar-refractivity contribution < 1.29 is 4.74 Å². The predicted molar refractivity (Wildman–Crippen MR) is 65.0 cm³/mol. The molecule has 0 aromatic carbocycles. The van der Waals surface area contributed by atoms with E-state index in [0.717, 1.165) is 19.6 Å². The van der Waals surface area contributed by atoms with Gasteiger partial charge in [0.05, 0.1) is 6.61 Å². The largest absolute Gasteiger partial charge is 0.383 e. The minimum Gasteiger partial charge on any atom is -0.383 e. The summed E-state index contributed by atoms with van der Waals surface area (Å²) in [5, 5.41) is 0. The van der Waals surface area contributed by atoms with Crippen molar-refractivity contribution in [3.63, 3.8) is 0 Å². The van der Waals surface area contributed by atoms with E-state index in [1.807, 2.05) is 24.5 Å². The third kappa shape index (κ3) is 4.70. The van der Waals surface area contributed by atoms with Crippen LogP contribution < -0.4 is 5.73 Å². The number of nitrogens with two attached hydrogens (primary N) is 1. The molecule has 0 amide bonds. The van der Waals surface area contributed by atoms with Crippen LogP contribution in [0.1, 0.15) is 12.5 Å². The van der Waals surface area contributed by atoms with Crippen LogP contribution in [0.5, 0.6) is 0 Å². The molecule has 0 saturated carbocycles. The van der Waals surface area contributed by atoms with Crippen molar-refractivity contribution in [2.45, 2.75) is 19.5 Å². The molecule has 0 radical (unpaired) electrons. The molecule has 0 aliphatic rings. The summed E-state index contributed by atoms with van der Waals surface area (Å²) < 4.78 is 5.04. The van der Waals surface area contributed by atoms with E-state index >= 15 is 0 Å². The Morgan fingerprint density at radius 3 is 2.69 bits per heavy atom. The average molecular weight is 223 g/mol. The lowest BCUT2D eigenvalue weighted by Gasteiger charge is -2.23. The Hall–Kier alpha value is -0.970. The maximum absolute atomic E-state index is 5.94. The van der Waals surface area contributed by atoms with Gasteiger partial charge in [0, 0.05) is 38.6 Å². The Kier molecular flexibility index (Phi) is 6.00. The minimum atomic E-state index is 0.0757. The summed E-state index contributed by atoms with van der Waals surface area (Å²) in [5.41, 5.74) is 7.20. The highest BCUT2D eigenvalue weighted by Crippen LogP contribution is 2.03. The first-order chi connectivity index (χ1) is 7.76. The van der Waals surface area contributed by atoms with Crippen LogP contribution in [0.4, 0.5) is 0 Å². The number of aromatic nitrogens is 1. The second kappa shape index (κ2) is 7.33. The Morgan fingerprint density at radius 2 is 2.12 bits per heavy atom. The zero-order chi connectivity index (χ0) is 11.8. The number of hydrogen-bond donors (Lipinski definition) is 1. The standard InChI is InChI=1S/C12H21N3O/c1-3-15(9-12(13)10-16-2)8-11-4-6-14-7-5-11/h4-7,12H,3,8-10,13H2,1-2H3. The van der Waals surface area contributed by atoms with Crippen LogP contribution in [0.3, 0.4) is 0 Å². The van der Waals surface area contributed by atoms with Gasteiger partial charge in [0.15, 0.2) is 0 Å². The Labute approximate surface area is 97.4 Å². The van der Waals surface area contributed by atoms with Gasteiger partial charge in [-0.1, -0.05) is 6.92 Å². The molecule has 1 heterocycles. The fourth-order valence-electron chi connectivity index (χ4n) is 1.65. The Bertz CT molecular complexity index is 279. The van der Waals surface area contributed by atoms with Crippen LogP contribution in [0.25, 0.3) is 0 Å². The molecule has 4 heteroatoms. The van der Waals surface area contributed by atoms with Crippen molar-refractivity contribution in [2.24, 2.45) is 5.73 Å². The number of hydrogen-bond acceptors (Lipinski definition) is 4. The lowest BCUT2D eigenvalue weighted by atomic mass is 10.2. The first-order valence-corrected chi connectivity index (χ1v) is 5.62. The van der Waals surface area contributed by atoms with E-state index in [2.05, 4.69) is 16.8 Å². The minimum absolute atomic E-state index is 0.0757. The SMILES string of the molecule is CCN(Cc1ccncc1)CC(N)COC. The van der Waals surface area contributed by atoms with Crippen LogP contribution in [0.15, 0.2) is 24.5 Å². The van der Waals surface area contributed by atoms with Gasteiger partial charge in [0.25, 0.3) is 0 Å². The molecule has 4 nitrogen and oxygen atoms in total. The highest BCUT2D eigenvalue weighted by Gasteiger charge is 2.09. The molecule has 0 aliphatic heterocycles. The van der Waals surface area contributed by atoms with Crippen LogP contribution in [-0.4, -0.2) is 42.7 Å². The molecule has 2 N–H and O–H groups in total. The fraction of sp³-hybridized carbons (Fsp3) is 0.583. The molecular formula is C12H21N3O. The number of likely N-dealkylation sites (N-methyl/N-ethyl adjacent to an activating group) is 1. The molecule has 0 bridgehead atoms. The third-order valence-electron chi connectivity index (χ3n) is 2.48. The monoisotopic (exact) mass is 223 g/mol. The lowest BCUT2D eigenvalue weighted by molar-refractivity contribution is 0.153. The summed E-state index contributed by atoms with van der Waals surface area (Å²) in [6, 6.07) is 4.14. The van der Waals surface area contributed by atoms with Gasteiger partial charge in [-0.2, -0.15) is 0 Å². The van der Waals surface area contributed by atoms with Crippen molar-refractivity contribution >= 4 is 0 Å². The molecule has 0 saturated heterocycles. The van der Waals surface area contributed by atoms with Gasteiger partial charge in [0.2, 0.25) is 0 Å². The van der Waals surface area contributed by atoms with Crippen LogP contribution >= 0.6 is 0 Å². The van der Waals surface area contributed by atoms with Crippen LogP contribution in [-0.2, 0) is 11.3 Å². The second-order valence-corrected chi connectivity index (χ2v) is 3.90. The van der Waals surface area contributed by atoms with Crippen molar-refractivity contribution in [3.8, 4) is 0 Å². The molecule has 0 aliphatic carbocycles. The highest BCUT2D eigenvalue weighted by molar-refractivity contribution is 5.09. The van der Waals surface area contributed by atoms with Crippen LogP contribution in [0, 0.1) is 0 Å². The molecule has 1 aromatic heterocycles. The molecule has 1 atom stereocenters. The van der Waals surface area contributed by atoms with E-state index in [9.17, 15) is 0 Å². The van der Waals surface area contributed by atoms with Gasteiger partial charge in [-0.15, -0.1) is 0 Å². The van der Waals surface area contributed by atoms with Crippen molar-refractivity contribution in [2.75, 3.05) is 26.8 Å². The van der Waals surface area contributed by atoms with Crippen molar-refractivity contribution in [1.29, 1.82) is 0 Å². The zero-order valence-electron chi connectivity index (χ0n) is 10.1. The van der Waals surface area contributed by atoms with E-state index in [-0.39, 0.29) is 6.04 Å². The van der Waals surface area contributed by atoms with Crippen LogP contribution in [0.2, 0.25) is 0 Å². The molecule has 1 unspecified atom stereocenters. The maximum atomic E-state index is 5.94. The van der Waals surface area contributed by atoms with Crippen molar-refractivity contribution in [3.05, 3.63) is 30.1 Å². The summed E-state index contributed by atoms with van der Waals surface area (Å²) in [5.74, 6) is 0. The predicted octanol–water partition coefficient (Wildman–Crippen LogP) is 0.877. The first-order valence-electron chi connectivity index (χ1n) is 5.62. The zero-order valence-corrected chi connectivity index (χ0v) is 10.1. The number of pyridine rings is 1. The normalized spacial score (nSPS) is 13.0. The van der Waals surface area contributed by atoms with E-state index in [1.54, 1.807) is 7.11 Å². The number of methoxy groups -OCH3 is 1. The van der Waals surface area contributed by atoms with E-state index < -0.39 is 0 Å². The van der Waals surface area contributed by atoms with Gasteiger partial charge in [0.1, 0.15) is 0 Å². The molecule has 90 valence electrons. The molecule has 1 aromatic rings. The Balaban J connectivity index is 2.43. The molecule has 0 fully saturated rings. The fourth-order valence-corrected chi connectivity index (χ4v) is 1.65. The number of nitrogens with zero attached hydrogens (tertiary/aromatic N) is 2. The third-order valence-corrected chi connectivity index (χ3v) is 2.48. The maximum Gasteiger partial charge on any atom is 0.0626 e. The van der Waals surface area contributed by atoms with Gasteiger partial charge in [-0.3, -0.25) is 9.88 Å². The second-order valence-electron chi connectivity index (χ2n) is 3.90. The van der Waals surface area contributed by atoms with Crippen molar-refractivity contribution in [1.82, 2.24) is 9.88 Å². The summed E-state index contributed by atoms with van der Waals surface area (Å²) in [6.07, 6.45) is 3.64. The van der Waals surface area contributed by atoms with Gasteiger partial charge < -0.3 is 10.5 Å². The Morgan fingerprint density at radius 1 is 1.44 bits per heavy atom. The lowest BCUT2D eigenvalue weighted by Crippen LogP contribution is -2.39. The van der Waals surface area contributed by atoms with E-state index in [0.29, 0.717) is 6.61 Å². The first kappa shape index (κ1) is 13.1. The summed E-state index contributed by atoms with van der Waals surface area (Å²) in [7, 11) is 1.68. The molecule has 1 rings (SSSR count). The molecular weight excluding hydrogens is 202 g/mol. The smallest absolute Gasteiger partial charge is 0.0626 e. The van der Waals surface area contributed by atoms with Gasteiger partial charge >= 0.3 is 0 Å². The number of rotatable bonds is 7. The highest BCUT2D eigenvalue weighted by atomic mass is 16.5. The summed E-state index contributed by atoms with van der Waals surface area (Å²) in [4.78, 5) is 6.31. The summed E-state index contributed by atoms with van der Waals surface area (Å²) >= 11 is 0. The quantitative estimate of drug-likeness (QED) is 0.745. The summed E-state index contributed by atoms with van der Waals surface area (Å²) in [6.45, 7) is 5.50.